The second kappa shape index (κ2) is 5.85. The van der Waals surface area contributed by atoms with Crippen molar-refractivity contribution in [1.82, 2.24) is 4.89 Å². The fraction of sp³-hybridized carbons (Fsp3) is 0.400. The molecule has 1 aromatic rings. The van der Waals surface area contributed by atoms with E-state index < -0.39 is 10.0 Å². The first-order valence-electron chi connectivity index (χ1n) is 4.79. The fourth-order valence-electron chi connectivity index (χ4n) is 1.09. The van der Waals surface area contributed by atoms with Crippen LogP contribution in [0.15, 0.2) is 30.3 Å². The van der Waals surface area contributed by atoms with Crippen molar-refractivity contribution in [3.05, 3.63) is 35.9 Å². The van der Waals surface area contributed by atoms with E-state index in [0.29, 0.717) is 13.0 Å². The summed E-state index contributed by atoms with van der Waals surface area (Å²) >= 11 is 0. The average Bonchev–Trinajstić information content (AvgIpc) is 2.25. The Morgan fingerprint density at radius 1 is 1.27 bits per heavy atom. The van der Waals surface area contributed by atoms with Gasteiger partial charge in [0.1, 0.15) is 0 Å². The molecule has 0 saturated heterocycles. The van der Waals surface area contributed by atoms with E-state index in [2.05, 4.69) is 9.72 Å². The van der Waals surface area contributed by atoms with E-state index in [0.717, 1.165) is 5.56 Å². The van der Waals surface area contributed by atoms with Crippen LogP contribution >= 0.6 is 0 Å². The summed E-state index contributed by atoms with van der Waals surface area (Å²) in [7, 11) is -3.31. The first kappa shape index (κ1) is 12.2. The molecule has 15 heavy (non-hydrogen) atoms. The molecule has 84 valence electrons. The SMILES string of the molecule is CCONS(=O)(=O)CCc1ccccc1. The third kappa shape index (κ3) is 4.92. The molecular weight excluding hydrogens is 214 g/mol. The summed E-state index contributed by atoms with van der Waals surface area (Å²) < 4.78 is 22.7. The van der Waals surface area contributed by atoms with Crippen LogP contribution in [0.25, 0.3) is 0 Å². The molecule has 0 saturated carbocycles. The number of hydrogen-bond acceptors (Lipinski definition) is 3. The smallest absolute Gasteiger partial charge is 0.233 e. The first-order chi connectivity index (χ1) is 7.14. The van der Waals surface area contributed by atoms with Gasteiger partial charge in [0.2, 0.25) is 10.0 Å². The lowest BCUT2D eigenvalue weighted by Crippen LogP contribution is -2.27. The number of hydrogen-bond donors (Lipinski definition) is 1. The monoisotopic (exact) mass is 229 g/mol. The van der Waals surface area contributed by atoms with Gasteiger partial charge in [-0.25, -0.2) is 8.42 Å². The van der Waals surface area contributed by atoms with Gasteiger partial charge in [-0.2, -0.15) is 0 Å². The molecule has 0 aromatic heterocycles. The number of rotatable bonds is 6. The highest BCUT2D eigenvalue weighted by atomic mass is 32.2. The van der Waals surface area contributed by atoms with E-state index in [1.807, 2.05) is 30.3 Å². The molecular formula is C10H15NO3S. The standard InChI is InChI=1S/C10H15NO3S/c1-2-14-11-15(12,13)9-8-10-6-4-3-5-7-10/h3-7,11H,2,8-9H2,1H3. The van der Waals surface area contributed by atoms with E-state index in [1.165, 1.54) is 0 Å². The zero-order valence-corrected chi connectivity index (χ0v) is 9.46. The van der Waals surface area contributed by atoms with E-state index >= 15 is 0 Å². The van der Waals surface area contributed by atoms with Gasteiger partial charge in [-0.15, -0.1) is 0 Å². The Labute approximate surface area is 90.3 Å². The highest BCUT2D eigenvalue weighted by molar-refractivity contribution is 7.89. The van der Waals surface area contributed by atoms with E-state index in [1.54, 1.807) is 6.92 Å². The number of aryl methyl sites for hydroxylation is 1. The van der Waals surface area contributed by atoms with Gasteiger partial charge >= 0.3 is 0 Å². The van der Waals surface area contributed by atoms with Gasteiger partial charge in [0.05, 0.1) is 12.4 Å². The zero-order valence-electron chi connectivity index (χ0n) is 8.64. The van der Waals surface area contributed by atoms with Gasteiger partial charge in [-0.3, -0.25) is 4.84 Å². The molecule has 0 aliphatic rings. The Hall–Kier alpha value is -0.910. The van der Waals surface area contributed by atoms with Crippen LogP contribution in [0.5, 0.6) is 0 Å². The van der Waals surface area contributed by atoms with E-state index in [9.17, 15) is 8.42 Å². The molecule has 0 amide bonds. The van der Waals surface area contributed by atoms with Crippen molar-refractivity contribution < 1.29 is 13.3 Å². The molecule has 1 N–H and O–H groups in total. The Kier molecular flexibility index (Phi) is 4.74. The predicted molar refractivity (Wildman–Crippen MR) is 58.7 cm³/mol. The number of nitrogens with one attached hydrogen (secondary N) is 1. The Bertz CT molecular complexity index is 375. The molecule has 5 heteroatoms. The third-order valence-electron chi connectivity index (χ3n) is 1.83. The maximum atomic E-state index is 11.3. The topological polar surface area (TPSA) is 55.4 Å². The summed E-state index contributed by atoms with van der Waals surface area (Å²) in [5, 5.41) is 0. The van der Waals surface area contributed by atoms with Crippen LogP contribution in [-0.2, 0) is 21.3 Å². The molecule has 4 nitrogen and oxygen atoms in total. The quantitative estimate of drug-likeness (QED) is 0.743. The normalized spacial score (nSPS) is 11.5. The molecule has 0 bridgehead atoms. The van der Waals surface area contributed by atoms with Crippen molar-refractivity contribution in [2.75, 3.05) is 12.4 Å². The molecule has 1 aromatic carbocycles. The van der Waals surface area contributed by atoms with Crippen molar-refractivity contribution in [1.29, 1.82) is 0 Å². The van der Waals surface area contributed by atoms with Gasteiger partial charge in [-0.05, 0) is 18.9 Å². The molecule has 0 radical (unpaired) electrons. The molecule has 0 fully saturated rings. The van der Waals surface area contributed by atoms with Crippen LogP contribution in [-0.4, -0.2) is 20.8 Å². The predicted octanol–water partition coefficient (Wildman–Crippen LogP) is 1.10. The third-order valence-corrected chi connectivity index (χ3v) is 2.95. The molecule has 0 spiro atoms. The minimum atomic E-state index is -3.31. The summed E-state index contributed by atoms with van der Waals surface area (Å²) in [6, 6.07) is 9.47. The Balaban J connectivity index is 2.43. The highest BCUT2D eigenvalue weighted by Crippen LogP contribution is 2.01. The largest absolute Gasteiger partial charge is 0.287 e. The second-order valence-corrected chi connectivity index (χ2v) is 4.88. The summed E-state index contributed by atoms with van der Waals surface area (Å²) in [4.78, 5) is 6.70. The molecule has 0 unspecified atom stereocenters. The van der Waals surface area contributed by atoms with Gasteiger partial charge in [0.15, 0.2) is 0 Å². The number of sulfonamides is 1. The molecule has 1 rings (SSSR count). The summed E-state index contributed by atoms with van der Waals surface area (Å²) in [6.07, 6.45) is 0.489. The van der Waals surface area contributed by atoms with E-state index in [-0.39, 0.29) is 5.75 Å². The Morgan fingerprint density at radius 3 is 2.53 bits per heavy atom. The van der Waals surface area contributed by atoms with Crippen LogP contribution in [0.4, 0.5) is 0 Å². The highest BCUT2D eigenvalue weighted by Gasteiger charge is 2.09. The molecule has 0 atom stereocenters. The van der Waals surface area contributed by atoms with Crippen LogP contribution in [0.3, 0.4) is 0 Å². The summed E-state index contributed by atoms with van der Waals surface area (Å²) in [6.45, 7) is 2.05. The van der Waals surface area contributed by atoms with Gasteiger partial charge in [0, 0.05) is 0 Å². The minimum Gasteiger partial charge on any atom is -0.287 e. The number of benzene rings is 1. The maximum absolute atomic E-state index is 11.3. The van der Waals surface area contributed by atoms with Crippen molar-refractivity contribution >= 4 is 10.0 Å². The lowest BCUT2D eigenvalue weighted by molar-refractivity contribution is 0.105. The van der Waals surface area contributed by atoms with Crippen LogP contribution in [0.2, 0.25) is 0 Å². The lowest BCUT2D eigenvalue weighted by atomic mass is 10.2. The lowest BCUT2D eigenvalue weighted by Gasteiger charge is -2.05. The summed E-state index contributed by atoms with van der Waals surface area (Å²) in [5.74, 6) is 0.0387. The molecule has 0 aliphatic carbocycles. The first-order valence-corrected chi connectivity index (χ1v) is 6.44. The van der Waals surface area contributed by atoms with Crippen molar-refractivity contribution in [3.8, 4) is 0 Å². The Morgan fingerprint density at radius 2 is 1.93 bits per heavy atom. The van der Waals surface area contributed by atoms with Crippen LogP contribution in [0.1, 0.15) is 12.5 Å². The van der Waals surface area contributed by atoms with Crippen molar-refractivity contribution in [3.63, 3.8) is 0 Å². The van der Waals surface area contributed by atoms with Crippen LogP contribution < -0.4 is 4.89 Å². The van der Waals surface area contributed by atoms with E-state index in [4.69, 9.17) is 0 Å². The second-order valence-electron chi connectivity index (χ2n) is 3.07. The molecule has 0 heterocycles. The minimum absolute atomic E-state index is 0.0387. The van der Waals surface area contributed by atoms with Crippen LogP contribution in [0, 0.1) is 0 Å². The van der Waals surface area contributed by atoms with Crippen molar-refractivity contribution in [2.24, 2.45) is 0 Å². The van der Waals surface area contributed by atoms with Gasteiger partial charge in [0.25, 0.3) is 0 Å². The molecule has 0 aliphatic heterocycles. The fourth-order valence-corrected chi connectivity index (χ4v) is 1.97. The van der Waals surface area contributed by atoms with Crippen molar-refractivity contribution in [2.45, 2.75) is 13.3 Å². The van der Waals surface area contributed by atoms with Gasteiger partial charge in [-0.1, -0.05) is 35.2 Å². The zero-order chi connectivity index (χ0) is 11.1. The average molecular weight is 229 g/mol. The maximum Gasteiger partial charge on any atom is 0.233 e. The summed E-state index contributed by atoms with van der Waals surface area (Å²) in [5.41, 5.74) is 0.999. The van der Waals surface area contributed by atoms with Gasteiger partial charge < -0.3 is 0 Å².